The molecular formula is C8H13NO2S. The summed E-state index contributed by atoms with van der Waals surface area (Å²) in [7, 11) is 0. The molecule has 3 nitrogen and oxygen atoms in total. The first kappa shape index (κ1) is 9.58. The first-order valence-electron chi connectivity index (χ1n) is 4.05. The molecule has 4 heteroatoms. The van der Waals surface area contributed by atoms with Gasteiger partial charge in [-0.2, -0.15) is 11.8 Å². The number of Topliss-reactive ketones (excluding diaryl/α,β-unsaturated/α-hetero) is 1. The molecule has 0 aromatic rings. The molecule has 1 aliphatic rings. The van der Waals surface area contributed by atoms with Gasteiger partial charge < -0.3 is 5.32 Å². The Balaban J connectivity index is 2.23. The van der Waals surface area contributed by atoms with Crippen molar-refractivity contribution in [2.45, 2.75) is 13.3 Å². The quantitative estimate of drug-likeness (QED) is 0.697. The van der Waals surface area contributed by atoms with Gasteiger partial charge in [0.25, 0.3) is 0 Å². The van der Waals surface area contributed by atoms with Crippen molar-refractivity contribution in [1.29, 1.82) is 0 Å². The maximum Gasteiger partial charge on any atom is 0.224 e. The SMILES string of the molecule is CC(=O)CNC(=O)C1CCSC1. The Labute approximate surface area is 76.3 Å². The third-order valence-electron chi connectivity index (χ3n) is 1.81. The minimum atomic E-state index is 0.00833. The van der Waals surface area contributed by atoms with E-state index >= 15 is 0 Å². The van der Waals surface area contributed by atoms with Crippen molar-refractivity contribution in [2.75, 3.05) is 18.1 Å². The third kappa shape index (κ3) is 2.85. The van der Waals surface area contributed by atoms with Crippen molar-refractivity contribution >= 4 is 23.5 Å². The van der Waals surface area contributed by atoms with Gasteiger partial charge in [0, 0.05) is 11.7 Å². The van der Waals surface area contributed by atoms with E-state index in [2.05, 4.69) is 5.32 Å². The molecular weight excluding hydrogens is 174 g/mol. The zero-order chi connectivity index (χ0) is 8.97. The van der Waals surface area contributed by atoms with E-state index in [9.17, 15) is 9.59 Å². The summed E-state index contributed by atoms with van der Waals surface area (Å²) in [6.07, 6.45) is 0.953. The van der Waals surface area contributed by atoms with Crippen LogP contribution in [0.4, 0.5) is 0 Å². The lowest BCUT2D eigenvalue weighted by Crippen LogP contribution is -2.33. The highest BCUT2D eigenvalue weighted by Crippen LogP contribution is 2.23. The number of thioether (sulfide) groups is 1. The van der Waals surface area contributed by atoms with Crippen LogP contribution in [0.25, 0.3) is 0 Å². The first-order valence-corrected chi connectivity index (χ1v) is 5.20. The molecule has 0 aromatic heterocycles. The average molecular weight is 187 g/mol. The van der Waals surface area contributed by atoms with E-state index in [1.54, 1.807) is 11.8 Å². The molecule has 1 saturated heterocycles. The van der Waals surface area contributed by atoms with Crippen LogP contribution < -0.4 is 5.32 Å². The normalized spacial score (nSPS) is 22.2. The number of hydrogen-bond acceptors (Lipinski definition) is 3. The number of carbonyl (C=O) groups excluding carboxylic acids is 2. The number of nitrogens with one attached hydrogen (secondary N) is 1. The van der Waals surface area contributed by atoms with E-state index in [0.29, 0.717) is 0 Å². The highest BCUT2D eigenvalue weighted by Gasteiger charge is 2.22. The van der Waals surface area contributed by atoms with E-state index < -0.39 is 0 Å². The Morgan fingerprint density at radius 3 is 2.83 bits per heavy atom. The zero-order valence-corrected chi connectivity index (χ0v) is 7.95. The molecule has 12 heavy (non-hydrogen) atoms. The van der Waals surface area contributed by atoms with Crippen LogP contribution in [0.1, 0.15) is 13.3 Å². The van der Waals surface area contributed by atoms with E-state index in [0.717, 1.165) is 17.9 Å². The van der Waals surface area contributed by atoms with Gasteiger partial charge in [-0.25, -0.2) is 0 Å². The Kier molecular flexibility index (Phi) is 3.59. The maximum absolute atomic E-state index is 11.3. The van der Waals surface area contributed by atoms with Gasteiger partial charge in [0.2, 0.25) is 5.91 Å². The third-order valence-corrected chi connectivity index (χ3v) is 2.97. The standard InChI is InChI=1S/C8H13NO2S/c1-6(10)4-9-8(11)7-2-3-12-5-7/h7H,2-5H2,1H3,(H,9,11). The maximum atomic E-state index is 11.3. The largest absolute Gasteiger partial charge is 0.349 e. The van der Waals surface area contributed by atoms with Gasteiger partial charge in [0.15, 0.2) is 0 Å². The van der Waals surface area contributed by atoms with Crippen LogP contribution in [0.5, 0.6) is 0 Å². The van der Waals surface area contributed by atoms with Crippen molar-refractivity contribution in [3.8, 4) is 0 Å². The van der Waals surface area contributed by atoms with Crippen LogP contribution >= 0.6 is 11.8 Å². The fourth-order valence-electron chi connectivity index (χ4n) is 1.10. The van der Waals surface area contributed by atoms with E-state index in [-0.39, 0.29) is 24.2 Å². The number of carbonyl (C=O) groups is 2. The van der Waals surface area contributed by atoms with Gasteiger partial charge in [-0.15, -0.1) is 0 Å². The van der Waals surface area contributed by atoms with Gasteiger partial charge in [-0.05, 0) is 19.1 Å². The molecule has 1 fully saturated rings. The van der Waals surface area contributed by atoms with E-state index in [1.807, 2.05) is 0 Å². The topological polar surface area (TPSA) is 46.2 Å². The Morgan fingerprint density at radius 1 is 1.58 bits per heavy atom. The summed E-state index contributed by atoms with van der Waals surface area (Å²) >= 11 is 1.80. The van der Waals surface area contributed by atoms with Gasteiger partial charge in [-0.3, -0.25) is 9.59 Å². The second-order valence-electron chi connectivity index (χ2n) is 2.98. The molecule has 1 rings (SSSR count). The van der Waals surface area contributed by atoms with Crippen molar-refractivity contribution in [3.63, 3.8) is 0 Å². The monoisotopic (exact) mass is 187 g/mol. The summed E-state index contributed by atoms with van der Waals surface area (Å²) < 4.78 is 0. The molecule has 68 valence electrons. The highest BCUT2D eigenvalue weighted by atomic mass is 32.2. The molecule has 0 radical (unpaired) electrons. The fraction of sp³-hybridized carbons (Fsp3) is 0.750. The summed E-state index contributed by atoms with van der Waals surface area (Å²) in [5.41, 5.74) is 0. The number of ketones is 1. The molecule has 1 heterocycles. The summed E-state index contributed by atoms with van der Waals surface area (Å²) in [5, 5.41) is 2.62. The number of rotatable bonds is 3. The molecule has 1 unspecified atom stereocenters. The molecule has 0 aliphatic carbocycles. The lowest BCUT2D eigenvalue weighted by Gasteiger charge is -2.07. The molecule has 0 saturated carbocycles. The van der Waals surface area contributed by atoms with Gasteiger partial charge in [-0.1, -0.05) is 0 Å². The zero-order valence-electron chi connectivity index (χ0n) is 7.13. The van der Waals surface area contributed by atoms with Crippen molar-refractivity contribution in [3.05, 3.63) is 0 Å². The molecule has 0 spiro atoms. The van der Waals surface area contributed by atoms with Crippen LogP contribution in [0.15, 0.2) is 0 Å². The first-order chi connectivity index (χ1) is 5.70. The average Bonchev–Trinajstić information content (AvgIpc) is 2.51. The lowest BCUT2D eigenvalue weighted by molar-refractivity contribution is -0.126. The van der Waals surface area contributed by atoms with E-state index in [4.69, 9.17) is 0 Å². The van der Waals surface area contributed by atoms with Crippen molar-refractivity contribution in [1.82, 2.24) is 5.32 Å². The Morgan fingerprint density at radius 2 is 2.33 bits per heavy atom. The summed E-state index contributed by atoms with van der Waals surface area (Å²) in [5.74, 6) is 2.15. The summed E-state index contributed by atoms with van der Waals surface area (Å²) in [6, 6.07) is 0. The van der Waals surface area contributed by atoms with Crippen LogP contribution in [-0.2, 0) is 9.59 Å². The highest BCUT2D eigenvalue weighted by molar-refractivity contribution is 7.99. The van der Waals surface area contributed by atoms with Crippen molar-refractivity contribution in [2.24, 2.45) is 5.92 Å². The minimum absolute atomic E-state index is 0.00833. The predicted molar refractivity (Wildman–Crippen MR) is 49.1 cm³/mol. The molecule has 1 amide bonds. The van der Waals surface area contributed by atoms with Crippen LogP contribution in [0.2, 0.25) is 0 Å². The second-order valence-corrected chi connectivity index (χ2v) is 4.13. The number of hydrogen-bond donors (Lipinski definition) is 1. The van der Waals surface area contributed by atoms with Crippen LogP contribution in [0, 0.1) is 5.92 Å². The number of amides is 1. The smallest absolute Gasteiger partial charge is 0.224 e. The minimum Gasteiger partial charge on any atom is -0.349 e. The molecule has 1 aliphatic heterocycles. The van der Waals surface area contributed by atoms with Crippen LogP contribution in [-0.4, -0.2) is 29.7 Å². The lowest BCUT2D eigenvalue weighted by atomic mass is 10.1. The molecule has 1 atom stereocenters. The summed E-state index contributed by atoms with van der Waals surface area (Å²) in [6.45, 7) is 1.66. The van der Waals surface area contributed by atoms with Crippen molar-refractivity contribution < 1.29 is 9.59 Å². The van der Waals surface area contributed by atoms with Crippen LogP contribution in [0.3, 0.4) is 0 Å². The fourth-order valence-corrected chi connectivity index (χ4v) is 2.32. The Bertz CT molecular complexity index is 187. The molecule has 0 bridgehead atoms. The van der Waals surface area contributed by atoms with Gasteiger partial charge >= 0.3 is 0 Å². The summed E-state index contributed by atoms with van der Waals surface area (Å²) in [4.78, 5) is 21.8. The molecule has 1 N–H and O–H groups in total. The predicted octanol–water partition coefficient (Wildman–Crippen LogP) is 0.445. The second kappa shape index (κ2) is 4.50. The molecule has 0 aromatic carbocycles. The van der Waals surface area contributed by atoms with Gasteiger partial charge in [0.05, 0.1) is 6.54 Å². The van der Waals surface area contributed by atoms with E-state index in [1.165, 1.54) is 6.92 Å². The Hall–Kier alpha value is -0.510. The van der Waals surface area contributed by atoms with Gasteiger partial charge in [0.1, 0.15) is 5.78 Å².